The van der Waals surface area contributed by atoms with Crippen LogP contribution < -0.4 is 10.6 Å². The third kappa shape index (κ3) is 4.57. The van der Waals surface area contributed by atoms with Crippen molar-refractivity contribution < 1.29 is 0 Å². The van der Waals surface area contributed by atoms with Gasteiger partial charge in [-0.25, -0.2) is 0 Å². The van der Waals surface area contributed by atoms with Crippen LogP contribution in [0.25, 0.3) is 0 Å². The first-order valence-corrected chi connectivity index (χ1v) is 7.66. The van der Waals surface area contributed by atoms with Crippen molar-refractivity contribution in [3.8, 4) is 0 Å². The van der Waals surface area contributed by atoms with Crippen molar-refractivity contribution >= 4 is 33.3 Å². The van der Waals surface area contributed by atoms with E-state index in [0.717, 1.165) is 29.1 Å². The van der Waals surface area contributed by atoms with Crippen molar-refractivity contribution in [1.82, 2.24) is 20.4 Å². The molecule has 2 N–H and O–H groups in total. The van der Waals surface area contributed by atoms with Crippen molar-refractivity contribution in [2.45, 2.75) is 44.7 Å². The number of thiocarbonyl (C=S) groups is 1. The molecule has 6 heteroatoms. The molecule has 4 nitrogen and oxygen atoms in total. The van der Waals surface area contributed by atoms with E-state index in [-0.39, 0.29) is 0 Å². The van der Waals surface area contributed by atoms with E-state index in [1.54, 1.807) is 6.20 Å². The Balaban J connectivity index is 1.56. The summed E-state index contributed by atoms with van der Waals surface area (Å²) < 4.78 is 2.95. The Labute approximate surface area is 122 Å². The number of aromatic nitrogens is 2. The molecule has 0 amide bonds. The molecule has 0 bridgehead atoms. The minimum absolute atomic E-state index is 0.590. The maximum atomic E-state index is 5.27. The average Bonchev–Trinajstić information content (AvgIpc) is 2.96. The molecule has 1 aliphatic rings. The van der Waals surface area contributed by atoms with Gasteiger partial charge in [-0.15, -0.1) is 0 Å². The van der Waals surface area contributed by atoms with E-state index in [2.05, 4.69) is 31.7 Å². The smallest absolute Gasteiger partial charge is 0.166 e. The molecule has 2 rings (SSSR count). The summed E-state index contributed by atoms with van der Waals surface area (Å²) in [7, 11) is 0. The fourth-order valence-corrected chi connectivity index (χ4v) is 2.81. The average molecular weight is 331 g/mol. The molecule has 18 heavy (non-hydrogen) atoms. The van der Waals surface area contributed by atoms with Crippen molar-refractivity contribution in [1.29, 1.82) is 0 Å². The molecule has 0 radical (unpaired) electrons. The fourth-order valence-electron chi connectivity index (χ4n) is 2.21. The highest BCUT2D eigenvalue weighted by Gasteiger charge is 2.14. The van der Waals surface area contributed by atoms with E-state index in [4.69, 9.17) is 12.2 Å². The highest BCUT2D eigenvalue weighted by atomic mass is 79.9. The van der Waals surface area contributed by atoms with Gasteiger partial charge in [-0.1, -0.05) is 12.8 Å². The van der Waals surface area contributed by atoms with Crippen LogP contribution in [-0.4, -0.2) is 27.5 Å². The molecule has 0 unspecified atom stereocenters. The van der Waals surface area contributed by atoms with Crippen molar-refractivity contribution in [3.63, 3.8) is 0 Å². The summed E-state index contributed by atoms with van der Waals surface area (Å²) in [5.74, 6) is 0. The molecule has 1 fully saturated rings. The summed E-state index contributed by atoms with van der Waals surface area (Å²) in [5.41, 5.74) is 0. The van der Waals surface area contributed by atoms with Crippen LogP contribution in [0.5, 0.6) is 0 Å². The summed E-state index contributed by atoms with van der Waals surface area (Å²) >= 11 is 8.66. The van der Waals surface area contributed by atoms with Gasteiger partial charge in [0.15, 0.2) is 5.11 Å². The Morgan fingerprint density at radius 1 is 1.50 bits per heavy atom. The molecule has 0 aliphatic heterocycles. The quantitative estimate of drug-likeness (QED) is 0.642. The SMILES string of the molecule is S=C(NCCCn1cc(Br)cn1)NC1CCCC1. The van der Waals surface area contributed by atoms with Crippen LogP contribution in [0.15, 0.2) is 16.9 Å². The maximum absolute atomic E-state index is 5.27. The highest BCUT2D eigenvalue weighted by molar-refractivity contribution is 9.10. The molecule has 0 spiro atoms. The van der Waals surface area contributed by atoms with Gasteiger partial charge in [0.05, 0.1) is 10.7 Å². The van der Waals surface area contributed by atoms with Gasteiger partial charge in [0, 0.05) is 25.3 Å². The molecular formula is C12H19BrN4S. The van der Waals surface area contributed by atoms with E-state index >= 15 is 0 Å². The zero-order chi connectivity index (χ0) is 12.8. The van der Waals surface area contributed by atoms with Gasteiger partial charge in [0.2, 0.25) is 0 Å². The summed E-state index contributed by atoms with van der Waals surface area (Å²) in [6.07, 6.45) is 9.96. The Hall–Kier alpha value is -0.620. The highest BCUT2D eigenvalue weighted by Crippen LogP contribution is 2.17. The summed E-state index contributed by atoms with van der Waals surface area (Å²) in [6, 6.07) is 0.590. The predicted octanol–water partition coefficient (Wildman–Crippen LogP) is 2.44. The molecule has 1 saturated carbocycles. The molecule has 1 aromatic heterocycles. The minimum atomic E-state index is 0.590. The minimum Gasteiger partial charge on any atom is -0.363 e. The van der Waals surface area contributed by atoms with Gasteiger partial charge in [-0.3, -0.25) is 4.68 Å². The second-order valence-corrected chi connectivity index (χ2v) is 5.98. The molecular weight excluding hydrogens is 312 g/mol. The van der Waals surface area contributed by atoms with Crippen molar-refractivity contribution in [3.05, 3.63) is 16.9 Å². The van der Waals surface area contributed by atoms with Gasteiger partial charge < -0.3 is 10.6 Å². The summed E-state index contributed by atoms with van der Waals surface area (Å²) in [5, 5.41) is 11.6. The van der Waals surface area contributed by atoms with Crippen molar-refractivity contribution in [2.24, 2.45) is 0 Å². The standard InChI is InChI=1S/C12H19BrN4S/c13-10-8-15-17(9-10)7-3-6-14-12(18)16-11-4-1-2-5-11/h8-9,11H,1-7H2,(H2,14,16,18). The van der Waals surface area contributed by atoms with Crippen LogP contribution in [0, 0.1) is 0 Å². The van der Waals surface area contributed by atoms with E-state index in [1.807, 2.05) is 10.9 Å². The molecule has 0 aromatic carbocycles. The van der Waals surface area contributed by atoms with Crippen LogP contribution in [0.3, 0.4) is 0 Å². The monoisotopic (exact) mass is 330 g/mol. The Kier molecular flexibility index (Phi) is 5.44. The van der Waals surface area contributed by atoms with Gasteiger partial charge in [0.1, 0.15) is 0 Å². The Morgan fingerprint density at radius 3 is 2.94 bits per heavy atom. The predicted molar refractivity (Wildman–Crippen MR) is 80.5 cm³/mol. The molecule has 0 saturated heterocycles. The van der Waals surface area contributed by atoms with Gasteiger partial charge in [0.25, 0.3) is 0 Å². The second kappa shape index (κ2) is 7.09. The van der Waals surface area contributed by atoms with Crippen LogP contribution >= 0.6 is 28.1 Å². The lowest BCUT2D eigenvalue weighted by molar-refractivity contribution is 0.565. The van der Waals surface area contributed by atoms with Crippen LogP contribution in [0.4, 0.5) is 0 Å². The Bertz CT molecular complexity index is 387. The number of halogens is 1. The number of aryl methyl sites for hydroxylation is 1. The lowest BCUT2D eigenvalue weighted by atomic mass is 10.3. The third-order valence-electron chi connectivity index (χ3n) is 3.14. The molecule has 0 atom stereocenters. The van der Waals surface area contributed by atoms with Crippen LogP contribution in [0.2, 0.25) is 0 Å². The second-order valence-electron chi connectivity index (χ2n) is 4.66. The number of rotatable bonds is 5. The zero-order valence-corrected chi connectivity index (χ0v) is 12.8. The Morgan fingerprint density at radius 2 is 2.28 bits per heavy atom. The first-order chi connectivity index (χ1) is 8.74. The van der Waals surface area contributed by atoms with Crippen LogP contribution in [-0.2, 0) is 6.54 Å². The largest absolute Gasteiger partial charge is 0.363 e. The number of hydrogen-bond acceptors (Lipinski definition) is 2. The van der Waals surface area contributed by atoms with Crippen LogP contribution in [0.1, 0.15) is 32.1 Å². The van der Waals surface area contributed by atoms with E-state index < -0.39 is 0 Å². The topological polar surface area (TPSA) is 41.9 Å². The first-order valence-electron chi connectivity index (χ1n) is 6.46. The summed E-state index contributed by atoms with van der Waals surface area (Å²) in [6.45, 7) is 1.79. The normalized spacial score (nSPS) is 15.8. The third-order valence-corrected chi connectivity index (χ3v) is 3.81. The van der Waals surface area contributed by atoms with E-state index in [1.165, 1.54) is 25.7 Å². The molecule has 1 heterocycles. The van der Waals surface area contributed by atoms with E-state index in [0.29, 0.717) is 6.04 Å². The number of nitrogens with zero attached hydrogens (tertiary/aromatic N) is 2. The maximum Gasteiger partial charge on any atom is 0.166 e. The number of hydrogen-bond donors (Lipinski definition) is 2. The lowest BCUT2D eigenvalue weighted by Gasteiger charge is -2.15. The van der Waals surface area contributed by atoms with Gasteiger partial charge in [-0.2, -0.15) is 5.10 Å². The summed E-state index contributed by atoms with van der Waals surface area (Å²) in [4.78, 5) is 0. The van der Waals surface area contributed by atoms with Gasteiger partial charge in [-0.05, 0) is 47.4 Å². The first kappa shape index (κ1) is 13.8. The molecule has 100 valence electrons. The fraction of sp³-hybridized carbons (Fsp3) is 0.667. The van der Waals surface area contributed by atoms with Gasteiger partial charge >= 0.3 is 0 Å². The van der Waals surface area contributed by atoms with Crippen molar-refractivity contribution in [2.75, 3.05) is 6.54 Å². The van der Waals surface area contributed by atoms with E-state index in [9.17, 15) is 0 Å². The number of nitrogens with one attached hydrogen (secondary N) is 2. The molecule has 1 aromatic rings. The lowest BCUT2D eigenvalue weighted by Crippen LogP contribution is -2.41. The zero-order valence-electron chi connectivity index (χ0n) is 10.4. The molecule has 1 aliphatic carbocycles.